The molecule has 0 saturated heterocycles. The van der Waals surface area contributed by atoms with Crippen molar-refractivity contribution in [3.05, 3.63) is 72.3 Å². The van der Waals surface area contributed by atoms with Crippen molar-refractivity contribution in [1.29, 1.82) is 5.41 Å². The van der Waals surface area contributed by atoms with Crippen LogP contribution in [0.15, 0.2) is 71.6 Å². The summed E-state index contributed by atoms with van der Waals surface area (Å²) in [5.41, 5.74) is 1.93. The summed E-state index contributed by atoms with van der Waals surface area (Å²) in [7, 11) is -0.0777. The number of fused-ring (bicyclic) bond motifs is 1. The lowest BCUT2D eigenvalue weighted by molar-refractivity contribution is -0.123. The quantitative estimate of drug-likeness (QED) is 0.124. The molecule has 10 heteroatoms. The van der Waals surface area contributed by atoms with Gasteiger partial charge in [-0.2, -0.15) is 4.72 Å². The zero-order valence-electron chi connectivity index (χ0n) is 20.4. The number of halogens is 1. The molecule has 0 aliphatic rings. The Kier molecular flexibility index (Phi) is 9.69. The summed E-state index contributed by atoms with van der Waals surface area (Å²) in [5, 5.41) is 15.0. The Morgan fingerprint density at radius 3 is 2.39 bits per heavy atom. The van der Waals surface area contributed by atoms with Gasteiger partial charge in [-0.15, -0.1) is 11.6 Å². The predicted octanol–water partition coefficient (Wildman–Crippen LogP) is 3.45. The SMILES string of the molecule is CN(C)c1ccc2cc(S(=O)(=O)N[C@@H](CCCNC(=N)CCl)C(=O)NCc3ccccc3)ccc2c1. The van der Waals surface area contributed by atoms with Gasteiger partial charge in [0.2, 0.25) is 15.9 Å². The van der Waals surface area contributed by atoms with Crippen molar-refractivity contribution in [2.24, 2.45) is 0 Å². The second-order valence-electron chi connectivity index (χ2n) is 8.65. The Balaban J connectivity index is 1.76. The zero-order chi connectivity index (χ0) is 26.1. The molecule has 0 unspecified atom stereocenters. The molecule has 3 aromatic rings. The number of nitrogens with zero attached hydrogens (tertiary/aromatic N) is 1. The van der Waals surface area contributed by atoms with Crippen molar-refractivity contribution in [2.75, 3.05) is 31.4 Å². The number of anilines is 1. The first-order chi connectivity index (χ1) is 17.2. The number of hydrogen-bond donors (Lipinski definition) is 4. The van der Waals surface area contributed by atoms with Crippen LogP contribution in [0, 0.1) is 5.41 Å². The van der Waals surface area contributed by atoms with E-state index in [1.807, 2.05) is 67.5 Å². The van der Waals surface area contributed by atoms with E-state index in [0.29, 0.717) is 13.0 Å². The Bertz CT molecular complexity index is 1300. The minimum absolute atomic E-state index is 0.0611. The van der Waals surface area contributed by atoms with Gasteiger partial charge < -0.3 is 15.5 Å². The third-order valence-corrected chi connectivity index (χ3v) is 7.42. The van der Waals surface area contributed by atoms with E-state index in [2.05, 4.69) is 15.4 Å². The zero-order valence-corrected chi connectivity index (χ0v) is 22.0. The maximum Gasteiger partial charge on any atom is 0.241 e. The highest BCUT2D eigenvalue weighted by molar-refractivity contribution is 7.89. The van der Waals surface area contributed by atoms with Crippen LogP contribution in [0.25, 0.3) is 10.8 Å². The van der Waals surface area contributed by atoms with Gasteiger partial charge in [0.05, 0.1) is 10.8 Å². The second-order valence-corrected chi connectivity index (χ2v) is 10.6. The molecule has 0 saturated carbocycles. The number of carbonyl (C=O) groups is 1. The van der Waals surface area contributed by atoms with Crippen LogP contribution in [0.1, 0.15) is 18.4 Å². The highest BCUT2D eigenvalue weighted by Crippen LogP contribution is 2.24. The Hall–Kier alpha value is -3.14. The molecule has 0 aromatic heterocycles. The molecular weight excluding hydrogens is 498 g/mol. The van der Waals surface area contributed by atoms with E-state index in [1.165, 1.54) is 0 Å². The van der Waals surface area contributed by atoms with Crippen LogP contribution in [0.5, 0.6) is 0 Å². The summed E-state index contributed by atoms with van der Waals surface area (Å²) in [6.45, 7) is 0.692. The van der Waals surface area contributed by atoms with Gasteiger partial charge in [-0.25, -0.2) is 8.42 Å². The minimum Gasteiger partial charge on any atom is -0.378 e. The first-order valence-electron chi connectivity index (χ1n) is 11.6. The minimum atomic E-state index is -3.97. The fourth-order valence-corrected chi connectivity index (χ4v) is 5.02. The lowest BCUT2D eigenvalue weighted by Crippen LogP contribution is -2.46. The number of rotatable bonds is 12. The maximum absolute atomic E-state index is 13.3. The Morgan fingerprint density at radius 1 is 1.00 bits per heavy atom. The molecular formula is C26H32ClN5O3S. The van der Waals surface area contributed by atoms with Gasteiger partial charge in [0.25, 0.3) is 0 Å². The normalized spacial score (nSPS) is 12.2. The summed E-state index contributed by atoms with van der Waals surface area (Å²) in [4.78, 5) is 15.1. The van der Waals surface area contributed by atoms with Gasteiger partial charge in [0, 0.05) is 32.9 Å². The van der Waals surface area contributed by atoms with Crippen molar-refractivity contribution in [1.82, 2.24) is 15.4 Å². The van der Waals surface area contributed by atoms with Crippen molar-refractivity contribution < 1.29 is 13.2 Å². The number of carbonyl (C=O) groups excluding carboxylic acids is 1. The number of alkyl halides is 1. The molecule has 4 N–H and O–H groups in total. The van der Waals surface area contributed by atoms with E-state index in [0.717, 1.165) is 22.0 Å². The molecule has 0 bridgehead atoms. The van der Waals surface area contributed by atoms with Crippen molar-refractivity contribution in [2.45, 2.75) is 30.3 Å². The van der Waals surface area contributed by atoms with E-state index in [1.54, 1.807) is 18.2 Å². The van der Waals surface area contributed by atoms with E-state index in [4.69, 9.17) is 17.0 Å². The molecule has 192 valence electrons. The monoisotopic (exact) mass is 529 g/mol. The van der Waals surface area contributed by atoms with Crippen molar-refractivity contribution in [3.8, 4) is 0 Å². The molecule has 0 aliphatic carbocycles. The fourth-order valence-electron chi connectivity index (χ4n) is 3.66. The van der Waals surface area contributed by atoms with E-state index >= 15 is 0 Å². The third-order valence-electron chi connectivity index (χ3n) is 5.69. The number of amidine groups is 1. The van der Waals surface area contributed by atoms with E-state index in [9.17, 15) is 13.2 Å². The standard InChI is InChI=1S/C26H32ClN5O3S/c1-32(2)22-12-10-21-16-23(13-11-20(21)15-22)36(34,35)31-24(9-6-14-29-25(28)17-27)26(33)30-18-19-7-4-3-5-8-19/h3-5,7-8,10-13,15-16,24,31H,6,9,14,17-18H2,1-2H3,(H2,28,29)(H,30,33)/t24-/m0/s1. The van der Waals surface area contributed by atoms with Gasteiger partial charge in [-0.3, -0.25) is 10.2 Å². The molecule has 1 amide bonds. The number of hydrogen-bond acceptors (Lipinski definition) is 5. The highest BCUT2D eigenvalue weighted by atomic mass is 35.5. The maximum atomic E-state index is 13.3. The second kappa shape index (κ2) is 12.7. The third kappa shape index (κ3) is 7.68. The van der Waals surface area contributed by atoms with Crippen molar-refractivity contribution >= 4 is 49.8 Å². The molecule has 36 heavy (non-hydrogen) atoms. The summed E-state index contributed by atoms with van der Waals surface area (Å²) >= 11 is 5.62. The summed E-state index contributed by atoms with van der Waals surface area (Å²) in [5.74, 6) is -0.173. The number of amides is 1. The van der Waals surface area contributed by atoms with Gasteiger partial charge in [-0.05, 0) is 53.4 Å². The lowest BCUT2D eigenvalue weighted by atomic mass is 10.1. The van der Waals surface area contributed by atoms with Crippen LogP contribution in [0.2, 0.25) is 0 Å². The summed E-state index contributed by atoms with van der Waals surface area (Å²) in [6, 6.07) is 19.2. The van der Waals surface area contributed by atoms with Crippen molar-refractivity contribution in [3.63, 3.8) is 0 Å². The molecule has 3 aromatic carbocycles. The first-order valence-corrected chi connectivity index (χ1v) is 13.6. The average Bonchev–Trinajstić information content (AvgIpc) is 2.88. The summed E-state index contributed by atoms with van der Waals surface area (Å²) in [6.07, 6.45) is 0.721. The average molecular weight is 530 g/mol. The molecule has 8 nitrogen and oxygen atoms in total. The first kappa shape index (κ1) is 27.4. The van der Waals surface area contributed by atoms with Crippen LogP contribution in [0.4, 0.5) is 5.69 Å². The van der Waals surface area contributed by atoms with Crippen LogP contribution in [-0.4, -0.2) is 52.7 Å². The Morgan fingerprint density at radius 2 is 1.69 bits per heavy atom. The van der Waals surface area contributed by atoms with E-state index < -0.39 is 22.0 Å². The summed E-state index contributed by atoms with van der Waals surface area (Å²) < 4.78 is 29.1. The molecule has 0 spiro atoms. The van der Waals surface area contributed by atoms with E-state index in [-0.39, 0.29) is 29.6 Å². The topological polar surface area (TPSA) is 114 Å². The highest BCUT2D eigenvalue weighted by Gasteiger charge is 2.25. The molecule has 3 rings (SSSR count). The Labute approximate surface area is 217 Å². The van der Waals surface area contributed by atoms with Crippen LogP contribution < -0.4 is 20.3 Å². The molecule has 0 heterocycles. The number of benzene rings is 3. The molecule has 0 aliphatic heterocycles. The predicted molar refractivity (Wildman–Crippen MR) is 146 cm³/mol. The molecule has 0 fully saturated rings. The lowest BCUT2D eigenvalue weighted by Gasteiger charge is -2.19. The number of nitrogens with one attached hydrogen (secondary N) is 4. The largest absolute Gasteiger partial charge is 0.378 e. The van der Waals surface area contributed by atoms with Gasteiger partial charge in [0.15, 0.2) is 0 Å². The van der Waals surface area contributed by atoms with Crippen LogP contribution in [-0.2, 0) is 21.4 Å². The molecule has 0 radical (unpaired) electrons. The number of sulfonamides is 1. The van der Waals surface area contributed by atoms with Gasteiger partial charge in [-0.1, -0.05) is 42.5 Å². The molecule has 1 atom stereocenters. The van der Waals surface area contributed by atoms with Crippen LogP contribution in [0.3, 0.4) is 0 Å². The smallest absolute Gasteiger partial charge is 0.241 e. The fraction of sp³-hybridized carbons (Fsp3) is 0.308. The van der Waals surface area contributed by atoms with Gasteiger partial charge in [0.1, 0.15) is 11.9 Å². The van der Waals surface area contributed by atoms with Gasteiger partial charge >= 0.3 is 0 Å². The van der Waals surface area contributed by atoms with Crippen LogP contribution >= 0.6 is 11.6 Å².